The van der Waals surface area contributed by atoms with Crippen LogP contribution in [0.25, 0.3) is 0 Å². The fourth-order valence-corrected chi connectivity index (χ4v) is 4.14. The van der Waals surface area contributed by atoms with Crippen molar-refractivity contribution in [3.63, 3.8) is 0 Å². The van der Waals surface area contributed by atoms with Crippen LogP contribution in [0.3, 0.4) is 0 Å². The standard InChI is InChI=1S/C13H25NO2S/c1-10(9-13(2,14-3)12(15)16)17-11-7-5-4-6-8-11/h10-11,14H,4-9H2,1-3H3,(H,15,16). The lowest BCUT2D eigenvalue weighted by Crippen LogP contribution is -2.49. The SMILES string of the molecule is CNC(C)(CC(C)SC1CCCCC1)C(=O)O. The largest absolute Gasteiger partial charge is 0.480 e. The van der Waals surface area contributed by atoms with Gasteiger partial charge in [0.1, 0.15) is 5.54 Å². The first-order chi connectivity index (χ1) is 7.98. The Bertz CT molecular complexity index is 254. The van der Waals surface area contributed by atoms with Crippen LogP contribution >= 0.6 is 11.8 Å². The summed E-state index contributed by atoms with van der Waals surface area (Å²) in [5.41, 5.74) is -0.791. The molecular weight excluding hydrogens is 234 g/mol. The van der Waals surface area contributed by atoms with Crippen molar-refractivity contribution in [1.29, 1.82) is 0 Å². The summed E-state index contributed by atoms with van der Waals surface area (Å²) in [5, 5.41) is 13.3. The van der Waals surface area contributed by atoms with Crippen molar-refractivity contribution < 1.29 is 9.90 Å². The van der Waals surface area contributed by atoms with Gasteiger partial charge in [-0.3, -0.25) is 4.79 Å². The number of thioether (sulfide) groups is 1. The molecule has 17 heavy (non-hydrogen) atoms. The van der Waals surface area contributed by atoms with Crippen LogP contribution in [-0.2, 0) is 4.79 Å². The van der Waals surface area contributed by atoms with Crippen LogP contribution in [0.15, 0.2) is 0 Å². The molecule has 0 bridgehead atoms. The second-order valence-electron chi connectivity index (χ2n) is 5.30. The molecule has 1 saturated carbocycles. The second kappa shape index (κ2) is 6.64. The van der Waals surface area contributed by atoms with Gasteiger partial charge in [0.05, 0.1) is 0 Å². The molecule has 0 saturated heterocycles. The third-order valence-electron chi connectivity index (χ3n) is 3.70. The highest BCUT2D eigenvalue weighted by molar-refractivity contribution is 8.00. The fourth-order valence-electron chi connectivity index (χ4n) is 2.45. The summed E-state index contributed by atoms with van der Waals surface area (Å²) in [6, 6.07) is 0. The lowest BCUT2D eigenvalue weighted by atomic mass is 9.96. The number of aliphatic carboxylic acids is 1. The third-order valence-corrected chi connectivity index (χ3v) is 5.18. The lowest BCUT2D eigenvalue weighted by molar-refractivity contribution is -0.144. The van der Waals surface area contributed by atoms with Gasteiger partial charge in [-0.05, 0) is 33.2 Å². The molecule has 0 amide bonds. The maximum atomic E-state index is 11.2. The Morgan fingerprint density at radius 2 is 2.06 bits per heavy atom. The molecule has 0 aromatic carbocycles. The molecule has 0 spiro atoms. The van der Waals surface area contributed by atoms with E-state index < -0.39 is 11.5 Å². The normalized spacial score (nSPS) is 23.0. The molecule has 0 radical (unpaired) electrons. The van der Waals surface area contributed by atoms with Crippen LogP contribution in [0.5, 0.6) is 0 Å². The summed E-state index contributed by atoms with van der Waals surface area (Å²) in [5.74, 6) is -0.754. The molecule has 1 aliphatic carbocycles. The van der Waals surface area contributed by atoms with Gasteiger partial charge in [0.2, 0.25) is 0 Å². The van der Waals surface area contributed by atoms with E-state index in [2.05, 4.69) is 12.2 Å². The molecule has 0 aliphatic heterocycles. The molecule has 2 atom stereocenters. The molecule has 0 heterocycles. The molecule has 1 rings (SSSR count). The van der Waals surface area contributed by atoms with Gasteiger partial charge in [0, 0.05) is 10.5 Å². The Labute approximate surface area is 109 Å². The summed E-state index contributed by atoms with van der Waals surface area (Å²) < 4.78 is 0. The number of likely N-dealkylation sites (N-methyl/N-ethyl adjacent to an activating group) is 1. The highest BCUT2D eigenvalue weighted by atomic mass is 32.2. The zero-order chi connectivity index (χ0) is 12.9. The molecular formula is C13H25NO2S. The van der Waals surface area contributed by atoms with Gasteiger partial charge in [-0.15, -0.1) is 0 Å². The Morgan fingerprint density at radius 1 is 1.47 bits per heavy atom. The number of carboxylic acids is 1. The van der Waals surface area contributed by atoms with E-state index in [1.54, 1.807) is 14.0 Å². The second-order valence-corrected chi connectivity index (χ2v) is 7.04. The minimum atomic E-state index is -0.791. The zero-order valence-corrected chi connectivity index (χ0v) is 12.0. The van der Waals surface area contributed by atoms with Gasteiger partial charge >= 0.3 is 5.97 Å². The number of carbonyl (C=O) groups is 1. The molecule has 4 heteroatoms. The van der Waals surface area contributed by atoms with E-state index in [-0.39, 0.29) is 0 Å². The predicted molar refractivity (Wildman–Crippen MR) is 73.6 cm³/mol. The summed E-state index contributed by atoms with van der Waals surface area (Å²) in [6.07, 6.45) is 7.34. The summed E-state index contributed by atoms with van der Waals surface area (Å²) in [4.78, 5) is 11.2. The maximum Gasteiger partial charge on any atom is 0.323 e. The van der Waals surface area contributed by atoms with Crippen molar-refractivity contribution in [3.8, 4) is 0 Å². The Morgan fingerprint density at radius 3 is 2.53 bits per heavy atom. The van der Waals surface area contributed by atoms with Gasteiger partial charge in [-0.1, -0.05) is 26.2 Å². The van der Waals surface area contributed by atoms with Crippen LogP contribution in [0.2, 0.25) is 0 Å². The molecule has 0 aromatic heterocycles. The van der Waals surface area contributed by atoms with E-state index >= 15 is 0 Å². The van der Waals surface area contributed by atoms with Gasteiger partial charge in [-0.2, -0.15) is 11.8 Å². The fraction of sp³-hybridized carbons (Fsp3) is 0.923. The van der Waals surface area contributed by atoms with Gasteiger partial charge in [-0.25, -0.2) is 0 Å². The molecule has 1 fully saturated rings. The third kappa shape index (κ3) is 4.51. The van der Waals surface area contributed by atoms with Crippen molar-refractivity contribution in [2.24, 2.45) is 0 Å². The molecule has 1 aliphatic rings. The van der Waals surface area contributed by atoms with Crippen molar-refractivity contribution >= 4 is 17.7 Å². The van der Waals surface area contributed by atoms with Crippen molar-refractivity contribution in [2.75, 3.05) is 7.05 Å². The molecule has 0 aromatic rings. The average molecular weight is 259 g/mol. The predicted octanol–water partition coefficient (Wildman–Crippen LogP) is 2.89. The van der Waals surface area contributed by atoms with Gasteiger partial charge < -0.3 is 10.4 Å². The van der Waals surface area contributed by atoms with Crippen LogP contribution in [0, 0.1) is 0 Å². The molecule has 2 N–H and O–H groups in total. The highest BCUT2D eigenvalue weighted by Crippen LogP contribution is 2.33. The first kappa shape index (κ1) is 14.8. The first-order valence-electron chi connectivity index (χ1n) is 6.55. The molecule has 2 unspecified atom stereocenters. The van der Waals surface area contributed by atoms with Crippen LogP contribution in [-0.4, -0.2) is 34.2 Å². The summed E-state index contributed by atoms with van der Waals surface area (Å²) >= 11 is 1.98. The average Bonchev–Trinajstić information content (AvgIpc) is 2.29. The van der Waals surface area contributed by atoms with E-state index in [1.165, 1.54) is 32.1 Å². The van der Waals surface area contributed by atoms with E-state index in [1.807, 2.05) is 11.8 Å². The topological polar surface area (TPSA) is 49.3 Å². The molecule has 100 valence electrons. The number of hydrogen-bond acceptors (Lipinski definition) is 3. The zero-order valence-electron chi connectivity index (χ0n) is 11.2. The minimum Gasteiger partial charge on any atom is -0.480 e. The van der Waals surface area contributed by atoms with E-state index in [4.69, 9.17) is 0 Å². The van der Waals surface area contributed by atoms with Crippen molar-refractivity contribution in [2.45, 2.75) is 68.4 Å². The van der Waals surface area contributed by atoms with Gasteiger partial charge in [0.25, 0.3) is 0 Å². The van der Waals surface area contributed by atoms with E-state index in [9.17, 15) is 9.90 Å². The highest BCUT2D eigenvalue weighted by Gasteiger charge is 2.33. The Balaban J connectivity index is 2.41. The monoisotopic (exact) mass is 259 g/mol. The van der Waals surface area contributed by atoms with Crippen molar-refractivity contribution in [1.82, 2.24) is 5.32 Å². The van der Waals surface area contributed by atoms with Crippen LogP contribution < -0.4 is 5.32 Å². The maximum absolute atomic E-state index is 11.2. The number of carboxylic acid groups (broad SMARTS) is 1. The van der Waals surface area contributed by atoms with Crippen LogP contribution in [0.1, 0.15) is 52.4 Å². The molecule has 3 nitrogen and oxygen atoms in total. The number of nitrogens with one attached hydrogen (secondary N) is 1. The number of hydrogen-bond donors (Lipinski definition) is 2. The summed E-state index contributed by atoms with van der Waals surface area (Å²) in [6.45, 7) is 3.92. The Kier molecular flexibility index (Phi) is 5.80. The summed E-state index contributed by atoms with van der Waals surface area (Å²) in [7, 11) is 1.73. The van der Waals surface area contributed by atoms with E-state index in [0.29, 0.717) is 11.7 Å². The van der Waals surface area contributed by atoms with Crippen LogP contribution in [0.4, 0.5) is 0 Å². The lowest BCUT2D eigenvalue weighted by Gasteiger charge is -2.30. The minimum absolute atomic E-state index is 0.395. The van der Waals surface area contributed by atoms with Crippen molar-refractivity contribution in [3.05, 3.63) is 0 Å². The smallest absolute Gasteiger partial charge is 0.323 e. The number of rotatable bonds is 6. The first-order valence-corrected chi connectivity index (χ1v) is 7.50. The van der Waals surface area contributed by atoms with E-state index in [0.717, 1.165) is 5.25 Å². The quantitative estimate of drug-likeness (QED) is 0.770. The Hall–Kier alpha value is -0.220. The van der Waals surface area contributed by atoms with Gasteiger partial charge in [0.15, 0.2) is 0 Å².